The third-order valence-corrected chi connectivity index (χ3v) is 6.71. The number of benzene rings is 4. The molecule has 41 heavy (non-hydrogen) atoms. The number of carbonyl (C=O) groups excluding carboxylic acids is 2. The first kappa shape index (κ1) is 28.1. The van der Waals surface area contributed by atoms with E-state index in [0.717, 1.165) is 38.4 Å². The topological polar surface area (TPSA) is 65.1 Å². The third kappa shape index (κ3) is 7.84. The molecule has 0 bridgehead atoms. The fourth-order valence-corrected chi connectivity index (χ4v) is 4.60. The number of ether oxygens (including phenoxy) is 3. The molecule has 0 radical (unpaired) electrons. The molecule has 1 saturated heterocycles. The summed E-state index contributed by atoms with van der Waals surface area (Å²) in [6, 6.07) is 24.1. The minimum atomic E-state index is -0.653. The molecule has 4 aromatic rings. The second-order valence-corrected chi connectivity index (χ2v) is 9.75. The summed E-state index contributed by atoms with van der Waals surface area (Å²) < 4.78 is 44.5. The van der Waals surface area contributed by atoms with E-state index in [9.17, 15) is 18.4 Å². The second-order valence-electron chi connectivity index (χ2n) is 9.75. The summed E-state index contributed by atoms with van der Waals surface area (Å²) in [5.41, 5.74) is 2.71. The summed E-state index contributed by atoms with van der Waals surface area (Å²) in [4.78, 5) is 27.6. The Morgan fingerprint density at radius 1 is 0.780 bits per heavy atom. The van der Waals surface area contributed by atoms with Gasteiger partial charge in [0.15, 0.2) is 12.4 Å². The van der Waals surface area contributed by atoms with Gasteiger partial charge in [0.2, 0.25) is 0 Å². The van der Waals surface area contributed by atoms with E-state index in [-0.39, 0.29) is 18.6 Å². The van der Waals surface area contributed by atoms with Crippen molar-refractivity contribution in [3.05, 3.63) is 119 Å². The average molecular weight is 558 g/mol. The van der Waals surface area contributed by atoms with Gasteiger partial charge in [-0.25, -0.2) is 13.6 Å². The maximum absolute atomic E-state index is 14.5. The van der Waals surface area contributed by atoms with Crippen LogP contribution in [0.5, 0.6) is 11.5 Å². The van der Waals surface area contributed by atoms with Gasteiger partial charge >= 0.3 is 5.97 Å². The van der Waals surface area contributed by atoms with Gasteiger partial charge in [-0.2, -0.15) is 0 Å². The number of hydrogen-bond donors (Lipinski definition) is 0. The molecule has 0 aromatic heterocycles. The monoisotopic (exact) mass is 557 g/mol. The SMILES string of the molecule is O=C(COc1cccc(CC(=O)c2cc(-c3cccc(F)c3)ccc2F)c1)Oc1ccc(CN2CCOCC2)cc1. The fraction of sp³-hybridized carbons (Fsp3) is 0.212. The molecule has 0 amide bonds. The van der Waals surface area contributed by atoms with Crippen molar-refractivity contribution >= 4 is 11.8 Å². The van der Waals surface area contributed by atoms with E-state index in [1.807, 2.05) is 12.1 Å². The maximum atomic E-state index is 14.5. The van der Waals surface area contributed by atoms with E-state index < -0.39 is 23.4 Å². The van der Waals surface area contributed by atoms with Crippen LogP contribution < -0.4 is 9.47 Å². The lowest BCUT2D eigenvalue weighted by Gasteiger charge is -2.26. The van der Waals surface area contributed by atoms with Gasteiger partial charge in [-0.05, 0) is 70.8 Å². The Morgan fingerprint density at radius 3 is 2.32 bits per heavy atom. The van der Waals surface area contributed by atoms with Crippen LogP contribution in [0.1, 0.15) is 21.5 Å². The molecule has 1 aliphatic rings. The molecule has 0 atom stereocenters. The van der Waals surface area contributed by atoms with Crippen LogP contribution >= 0.6 is 0 Å². The van der Waals surface area contributed by atoms with Crippen LogP contribution in [0.15, 0.2) is 91.0 Å². The van der Waals surface area contributed by atoms with Gasteiger partial charge in [0.1, 0.15) is 23.1 Å². The molecular formula is C33H29F2NO5. The summed E-state index contributed by atoms with van der Waals surface area (Å²) in [5, 5.41) is 0. The van der Waals surface area contributed by atoms with Crippen molar-refractivity contribution in [3.8, 4) is 22.6 Å². The highest BCUT2D eigenvalue weighted by molar-refractivity contribution is 5.98. The minimum absolute atomic E-state index is 0.0814. The van der Waals surface area contributed by atoms with Crippen molar-refractivity contribution in [3.63, 3.8) is 0 Å². The second kappa shape index (κ2) is 13.3. The number of hydrogen-bond acceptors (Lipinski definition) is 6. The van der Waals surface area contributed by atoms with Crippen LogP contribution in [0, 0.1) is 11.6 Å². The first-order chi connectivity index (χ1) is 19.9. The molecule has 6 nitrogen and oxygen atoms in total. The van der Waals surface area contributed by atoms with Crippen LogP contribution in [0.4, 0.5) is 8.78 Å². The molecule has 0 aliphatic carbocycles. The number of ketones is 1. The van der Waals surface area contributed by atoms with Crippen molar-refractivity contribution in [2.45, 2.75) is 13.0 Å². The molecule has 0 spiro atoms. The minimum Gasteiger partial charge on any atom is -0.482 e. The molecule has 210 valence electrons. The molecule has 8 heteroatoms. The van der Waals surface area contributed by atoms with Gasteiger partial charge in [0.25, 0.3) is 0 Å². The van der Waals surface area contributed by atoms with E-state index in [2.05, 4.69) is 4.90 Å². The Bertz CT molecular complexity index is 1520. The number of esters is 1. The van der Waals surface area contributed by atoms with Crippen LogP contribution in [-0.2, 0) is 22.5 Å². The summed E-state index contributed by atoms with van der Waals surface area (Å²) >= 11 is 0. The van der Waals surface area contributed by atoms with E-state index in [4.69, 9.17) is 14.2 Å². The summed E-state index contributed by atoms with van der Waals surface area (Å²) in [7, 11) is 0. The van der Waals surface area contributed by atoms with Gasteiger partial charge < -0.3 is 14.2 Å². The quantitative estimate of drug-likeness (QED) is 0.138. The highest BCUT2D eigenvalue weighted by Gasteiger charge is 2.16. The van der Waals surface area contributed by atoms with Crippen molar-refractivity contribution < 1.29 is 32.6 Å². The first-order valence-electron chi connectivity index (χ1n) is 13.3. The molecule has 1 aliphatic heterocycles. The maximum Gasteiger partial charge on any atom is 0.349 e. The summed E-state index contributed by atoms with van der Waals surface area (Å²) in [6.45, 7) is 3.74. The number of morpholine rings is 1. The number of carbonyl (C=O) groups is 2. The molecule has 4 aromatic carbocycles. The predicted molar refractivity (Wildman–Crippen MR) is 150 cm³/mol. The zero-order valence-corrected chi connectivity index (χ0v) is 22.4. The normalized spacial score (nSPS) is 13.5. The van der Waals surface area contributed by atoms with Crippen LogP contribution in [0.3, 0.4) is 0 Å². The number of Topliss-reactive ketones (excluding diaryl/α,β-unsaturated/α-hetero) is 1. The van der Waals surface area contributed by atoms with Gasteiger partial charge in [-0.15, -0.1) is 0 Å². The van der Waals surface area contributed by atoms with Gasteiger partial charge in [0, 0.05) is 26.1 Å². The van der Waals surface area contributed by atoms with E-state index in [0.29, 0.717) is 28.2 Å². The largest absolute Gasteiger partial charge is 0.482 e. The number of halogens is 2. The van der Waals surface area contributed by atoms with E-state index in [1.165, 1.54) is 30.3 Å². The highest BCUT2D eigenvalue weighted by Crippen LogP contribution is 2.24. The summed E-state index contributed by atoms with van der Waals surface area (Å²) in [5.74, 6) is -1.27. The molecule has 1 fully saturated rings. The van der Waals surface area contributed by atoms with E-state index >= 15 is 0 Å². The lowest BCUT2D eigenvalue weighted by Crippen LogP contribution is -2.35. The number of nitrogens with zero attached hydrogens (tertiary/aromatic N) is 1. The van der Waals surface area contributed by atoms with Crippen LogP contribution in [0.25, 0.3) is 11.1 Å². The average Bonchev–Trinajstić information content (AvgIpc) is 2.98. The van der Waals surface area contributed by atoms with Crippen molar-refractivity contribution in [1.29, 1.82) is 0 Å². The van der Waals surface area contributed by atoms with Crippen LogP contribution in [-0.4, -0.2) is 49.6 Å². The lowest BCUT2D eigenvalue weighted by molar-refractivity contribution is -0.136. The zero-order chi connectivity index (χ0) is 28.6. The molecule has 0 unspecified atom stereocenters. The summed E-state index contributed by atoms with van der Waals surface area (Å²) in [6.07, 6.45) is -0.0814. The van der Waals surface area contributed by atoms with Crippen molar-refractivity contribution in [1.82, 2.24) is 4.90 Å². The standard InChI is InChI=1S/C33H29F2NO5/c34-27-5-2-4-25(19-27)26-9-12-31(35)30(20-26)32(37)18-24-3-1-6-29(17-24)40-22-33(38)41-28-10-7-23(8-11-28)21-36-13-15-39-16-14-36/h1-12,17,19-20H,13-16,18,21-22H2. The third-order valence-electron chi connectivity index (χ3n) is 6.71. The smallest absolute Gasteiger partial charge is 0.349 e. The Balaban J connectivity index is 1.15. The van der Waals surface area contributed by atoms with Crippen molar-refractivity contribution in [2.75, 3.05) is 32.9 Å². The van der Waals surface area contributed by atoms with Crippen molar-refractivity contribution in [2.24, 2.45) is 0 Å². The van der Waals surface area contributed by atoms with Crippen LogP contribution in [0.2, 0.25) is 0 Å². The Hall–Kier alpha value is -4.40. The molecule has 5 rings (SSSR count). The predicted octanol–water partition coefficient (Wildman–Crippen LogP) is 5.87. The van der Waals surface area contributed by atoms with E-state index in [1.54, 1.807) is 48.5 Å². The Labute approximate surface area is 237 Å². The van der Waals surface area contributed by atoms with Gasteiger partial charge in [-0.1, -0.05) is 42.5 Å². The first-order valence-corrected chi connectivity index (χ1v) is 13.3. The molecule has 1 heterocycles. The Morgan fingerprint density at radius 2 is 1.54 bits per heavy atom. The Kier molecular flexibility index (Phi) is 9.13. The highest BCUT2D eigenvalue weighted by atomic mass is 19.1. The van der Waals surface area contributed by atoms with Gasteiger partial charge in [0.05, 0.1) is 18.8 Å². The zero-order valence-electron chi connectivity index (χ0n) is 22.4. The fourth-order valence-electron chi connectivity index (χ4n) is 4.60. The van der Waals surface area contributed by atoms with Gasteiger partial charge in [-0.3, -0.25) is 9.69 Å². The number of rotatable bonds is 10. The molecule has 0 N–H and O–H groups in total. The molecule has 0 saturated carbocycles. The molecular weight excluding hydrogens is 528 g/mol. The lowest BCUT2D eigenvalue weighted by atomic mass is 9.97.